The maximum absolute atomic E-state index is 5.72. The summed E-state index contributed by atoms with van der Waals surface area (Å²) in [4.78, 5) is 0. The standard InChI is InChI=1S/C10H12ClN3/c11-3-4-13-5-6-14-10(13)7-9(12-14)8-1-2-8/h5-8H,1-4H2. The molecule has 0 unspecified atom stereocenters. The lowest BCUT2D eigenvalue weighted by molar-refractivity contribution is 0.794. The van der Waals surface area contributed by atoms with Crippen LogP contribution in [0.25, 0.3) is 5.65 Å². The topological polar surface area (TPSA) is 22.2 Å². The summed E-state index contributed by atoms with van der Waals surface area (Å²) in [5.41, 5.74) is 2.40. The molecule has 4 heteroatoms. The largest absolute Gasteiger partial charge is 0.330 e. The first kappa shape index (κ1) is 8.36. The quantitative estimate of drug-likeness (QED) is 0.711. The Hall–Kier alpha value is -0.960. The third-order valence-corrected chi connectivity index (χ3v) is 2.91. The monoisotopic (exact) mass is 209 g/mol. The van der Waals surface area contributed by atoms with Gasteiger partial charge < -0.3 is 4.57 Å². The first-order chi connectivity index (χ1) is 6.88. The molecule has 1 saturated carbocycles. The molecule has 0 saturated heterocycles. The van der Waals surface area contributed by atoms with Crippen molar-refractivity contribution in [1.82, 2.24) is 14.2 Å². The Kier molecular flexibility index (Phi) is 1.80. The summed E-state index contributed by atoms with van der Waals surface area (Å²) in [6, 6.07) is 2.18. The molecule has 14 heavy (non-hydrogen) atoms. The molecule has 2 aromatic heterocycles. The Morgan fingerprint density at radius 2 is 2.29 bits per heavy atom. The van der Waals surface area contributed by atoms with Crippen molar-refractivity contribution in [3.63, 3.8) is 0 Å². The van der Waals surface area contributed by atoms with Gasteiger partial charge in [-0.3, -0.25) is 0 Å². The number of fused-ring (bicyclic) bond motifs is 1. The summed E-state index contributed by atoms with van der Waals surface area (Å²) in [5, 5.41) is 4.53. The van der Waals surface area contributed by atoms with Crippen molar-refractivity contribution in [3.05, 3.63) is 24.2 Å². The summed E-state index contributed by atoms with van der Waals surface area (Å²) < 4.78 is 4.09. The average Bonchev–Trinajstić information content (AvgIpc) is 2.84. The fourth-order valence-electron chi connectivity index (χ4n) is 1.81. The lowest BCUT2D eigenvalue weighted by Gasteiger charge is -1.96. The van der Waals surface area contributed by atoms with Crippen LogP contribution in [-0.2, 0) is 6.54 Å². The van der Waals surface area contributed by atoms with Gasteiger partial charge in [0.25, 0.3) is 0 Å². The van der Waals surface area contributed by atoms with Gasteiger partial charge in [0, 0.05) is 36.8 Å². The predicted molar refractivity (Wildman–Crippen MR) is 55.9 cm³/mol. The van der Waals surface area contributed by atoms with Gasteiger partial charge in [0.1, 0.15) is 5.65 Å². The molecule has 1 aliphatic carbocycles. The molecule has 0 N–H and O–H groups in total. The van der Waals surface area contributed by atoms with E-state index in [1.807, 2.05) is 16.9 Å². The zero-order valence-electron chi connectivity index (χ0n) is 7.86. The number of alkyl halides is 1. The van der Waals surface area contributed by atoms with Crippen molar-refractivity contribution < 1.29 is 0 Å². The molecular weight excluding hydrogens is 198 g/mol. The number of rotatable bonds is 3. The third-order valence-electron chi connectivity index (χ3n) is 2.74. The number of hydrogen-bond donors (Lipinski definition) is 0. The predicted octanol–water partition coefficient (Wildman–Crippen LogP) is 2.25. The van der Waals surface area contributed by atoms with E-state index >= 15 is 0 Å². The molecule has 2 heterocycles. The smallest absolute Gasteiger partial charge is 0.136 e. The van der Waals surface area contributed by atoms with E-state index in [2.05, 4.69) is 15.7 Å². The number of hydrogen-bond acceptors (Lipinski definition) is 1. The molecule has 0 atom stereocenters. The highest BCUT2D eigenvalue weighted by molar-refractivity contribution is 6.17. The molecule has 2 aromatic rings. The first-order valence-corrected chi connectivity index (χ1v) is 5.52. The molecule has 1 aliphatic rings. The molecule has 1 fully saturated rings. The number of aromatic nitrogens is 3. The van der Waals surface area contributed by atoms with Gasteiger partial charge in [-0.15, -0.1) is 11.6 Å². The molecule has 0 radical (unpaired) electrons. The van der Waals surface area contributed by atoms with Gasteiger partial charge in [-0.2, -0.15) is 5.10 Å². The van der Waals surface area contributed by atoms with Crippen molar-refractivity contribution >= 4 is 17.2 Å². The minimum Gasteiger partial charge on any atom is -0.330 e. The van der Waals surface area contributed by atoms with Gasteiger partial charge in [-0.05, 0) is 12.8 Å². The van der Waals surface area contributed by atoms with Crippen molar-refractivity contribution in [2.24, 2.45) is 0 Å². The van der Waals surface area contributed by atoms with Crippen molar-refractivity contribution in [3.8, 4) is 0 Å². The minimum absolute atomic E-state index is 0.647. The molecule has 0 spiro atoms. The molecule has 0 amide bonds. The van der Waals surface area contributed by atoms with Crippen LogP contribution in [0.5, 0.6) is 0 Å². The molecule has 0 bridgehead atoms. The van der Waals surface area contributed by atoms with Crippen LogP contribution < -0.4 is 0 Å². The van der Waals surface area contributed by atoms with E-state index < -0.39 is 0 Å². The number of halogens is 1. The number of nitrogens with zero attached hydrogens (tertiary/aromatic N) is 3. The van der Waals surface area contributed by atoms with E-state index in [4.69, 9.17) is 11.6 Å². The summed E-state index contributed by atoms with van der Waals surface area (Å²) in [6.07, 6.45) is 6.63. The zero-order chi connectivity index (χ0) is 9.54. The molecule has 3 rings (SSSR count). The fraction of sp³-hybridized carbons (Fsp3) is 0.500. The molecule has 0 aromatic carbocycles. The van der Waals surface area contributed by atoms with Crippen LogP contribution in [0.15, 0.2) is 18.5 Å². The van der Waals surface area contributed by atoms with E-state index in [1.54, 1.807) is 0 Å². The SMILES string of the molecule is ClCCn1ccn2nc(C3CC3)cc12. The Balaban J connectivity index is 2.05. The van der Waals surface area contributed by atoms with E-state index in [1.165, 1.54) is 18.5 Å². The molecular formula is C10H12ClN3. The first-order valence-electron chi connectivity index (χ1n) is 4.99. The van der Waals surface area contributed by atoms with E-state index in [0.717, 1.165) is 18.1 Å². The molecule has 3 nitrogen and oxygen atoms in total. The second-order valence-electron chi connectivity index (χ2n) is 3.83. The highest BCUT2D eigenvalue weighted by atomic mass is 35.5. The Morgan fingerprint density at radius 1 is 1.43 bits per heavy atom. The van der Waals surface area contributed by atoms with Gasteiger partial charge in [-0.1, -0.05) is 0 Å². The van der Waals surface area contributed by atoms with Gasteiger partial charge in [-0.25, -0.2) is 4.52 Å². The maximum Gasteiger partial charge on any atom is 0.136 e. The summed E-state index contributed by atoms with van der Waals surface area (Å²) in [6.45, 7) is 0.855. The second kappa shape index (κ2) is 3.02. The van der Waals surface area contributed by atoms with Crippen LogP contribution in [0.4, 0.5) is 0 Å². The highest BCUT2D eigenvalue weighted by Gasteiger charge is 2.26. The molecule has 0 aliphatic heterocycles. The Labute approximate surface area is 87.3 Å². The summed E-state index contributed by atoms with van der Waals surface area (Å²) in [7, 11) is 0. The van der Waals surface area contributed by atoms with Gasteiger partial charge in [0.05, 0.1) is 5.69 Å². The lowest BCUT2D eigenvalue weighted by Crippen LogP contribution is -1.96. The van der Waals surface area contributed by atoms with E-state index in [9.17, 15) is 0 Å². The maximum atomic E-state index is 5.72. The van der Waals surface area contributed by atoms with Crippen LogP contribution >= 0.6 is 11.6 Å². The van der Waals surface area contributed by atoms with Crippen LogP contribution in [0, 0.1) is 0 Å². The normalized spacial score (nSPS) is 16.6. The van der Waals surface area contributed by atoms with Crippen LogP contribution in [0.1, 0.15) is 24.5 Å². The third kappa shape index (κ3) is 1.23. The summed E-state index contributed by atoms with van der Waals surface area (Å²) in [5.74, 6) is 1.37. The number of aryl methyl sites for hydroxylation is 1. The van der Waals surface area contributed by atoms with E-state index in [-0.39, 0.29) is 0 Å². The van der Waals surface area contributed by atoms with Crippen LogP contribution in [0.2, 0.25) is 0 Å². The number of imidazole rings is 1. The second-order valence-corrected chi connectivity index (χ2v) is 4.20. The fourth-order valence-corrected chi connectivity index (χ4v) is 1.99. The van der Waals surface area contributed by atoms with Crippen molar-refractivity contribution in [2.75, 3.05) is 5.88 Å². The average molecular weight is 210 g/mol. The Bertz CT molecular complexity index is 453. The summed E-state index contributed by atoms with van der Waals surface area (Å²) >= 11 is 5.72. The van der Waals surface area contributed by atoms with Gasteiger partial charge in [0.2, 0.25) is 0 Å². The van der Waals surface area contributed by atoms with Crippen molar-refractivity contribution in [2.45, 2.75) is 25.3 Å². The molecule has 74 valence electrons. The van der Waals surface area contributed by atoms with Crippen LogP contribution in [-0.4, -0.2) is 20.1 Å². The highest BCUT2D eigenvalue weighted by Crippen LogP contribution is 2.39. The lowest BCUT2D eigenvalue weighted by atomic mass is 10.3. The van der Waals surface area contributed by atoms with Gasteiger partial charge in [0.15, 0.2) is 0 Å². The van der Waals surface area contributed by atoms with Crippen LogP contribution in [0.3, 0.4) is 0 Å². The van der Waals surface area contributed by atoms with Crippen molar-refractivity contribution in [1.29, 1.82) is 0 Å². The Morgan fingerprint density at radius 3 is 3.00 bits per heavy atom. The van der Waals surface area contributed by atoms with Gasteiger partial charge >= 0.3 is 0 Å². The zero-order valence-corrected chi connectivity index (χ0v) is 8.61. The minimum atomic E-state index is 0.647. The van der Waals surface area contributed by atoms with E-state index in [0.29, 0.717) is 5.88 Å².